The molecule has 13 heteroatoms. The summed E-state index contributed by atoms with van der Waals surface area (Å²) >= 11 is 0. The molecule has 361 valence electrons. The van der Waals surface area contributed by atoms with Crippen LogP contribution >= 0.6 is 0 Å². The van der Waals surface area contributed by atoms with Crippen LogP contribution in [0.5, 0.6) is 0 Å². The molecule has 0 spiro atoms. The second kappa shape index (κ2) is 21.1. The van der Waals surface area contributed by atoms with Crippen molar-refractivity contribution >= 4 is 69.1 Å². The summed E-state index contributed by atoms with van der Waals surface area (Å²) in [7, 11) is 26.3. The van der Waals surface area contributed by atoms with Crippen LogP contribution in [0.3, 0.4) is 0 Å². The van der Waals surface area contributed by atoms with E-state index < -0.39 is 0 Å². The summed E-state index contributed by atoms with van der Waals surface area (Å²) in [6.45, 7) is 0. The first kappa shape index (κ1) is 56.6. The van der Waals surface area contributed by atoms with E-state index in [-0.39, 0.29) is 66.4 Å². The number of rotatable bonds is 8. The number of nitrogens with zero attached hydrogens (tertiary/aromatic N) is 8. The summed E-state index contributed by atoms with van der Waals surface area (Å²) in [6, 6.07) is 43.9. The maximum absolute atomic E-state index is 5.50. The fourth-order valence-electron chi connectivity index (χ4n) is 8.57. The van der Waals surface area contributed by atoms with E-state index in [4.69, 9.17) is 19.9 Å². The molecule has 0 unspecified atom stereocenters. The molecule has 5 heterocycles. The van der Waals surface area contributed by atoms with Crippen molar-refractivity contribution in [1.29, 1.82) is 0 Å². The zero-order chi connectivity index (χ0) is 45.3. The van der Waals surface area contributed by atoms with Crippen LogP contribution in [-0.2, 0) is 16.8 Å². The molecule has 0 fully saturated rings. The van der Waals surface area contributed by atoms with E-state index in [2.05, 4.69) is 230 Å². The smallest absolute Gasteiger partial charge is 1.00 e. The average Bonchev–Trinajstić information content (AvgIpc) is 4.08. The van der Waals surface area contributed by atoms with Crippen LogP contribution in [0, 0.1) is 0 Å². The molecule has 2 aliphatic rings. The largest absolute Gasteiger partial charge is 2.00 e. The van der Waals surface area contributed by atoms with Crippen LogP contribution in [-0.4, -0.2) is 94.5 Å². The Hall–Kier alpha value is -5.01. The van der Waals surface area contributed by atoms with Gasteiger partial charge in [-0.15, -0.1) is 22.1 Å². The Morgan fingerprint density at radius 1 is 0.275 bits per heavy atom. The molecule has 0 aliphatic carbocycles. The van der Waals surface area contributed by atoms with Crippen molar-refractivity contribution in [2.75, 3.05) is 84.6 Å². The molecule has 2 aliphatic heterocycles. The molecule has 7 aromatic rings. The quantitative estimate of drug-likeness (QED) is 0.191. The van der Waals surface area contributed by atoms with Gasteiger partial charge in [0.1, 0.15) is 22.7 Å². The van der Waals surface area contributed by atoms with Crippen molar-refractivity contribution < 1.29 is 66.4 Å². The predicted octanol–water partition coefficient (Wildman–Crippen LogP) is -0.618. The van der Waals surface area contributed by atoms with Gasteiger partial charge in [0.15, 0.2) is 0 Å². The van der Waals surface area contributed by atoms with Gasteiger partial charge in [-0.25, -0.2) is 9.97 Å². The molecule has 0 saturated carbocycles. The minimum atomic E-state index is 0. The molecule has 8 bridgehead atoms. The Labute approximate surface area is 443 Å². The molecule has 0 saturated heterocycles. The van der Waals surface area contributed by atoms with Crippen LogP contribution in [0.2, 0.25) is 0 Å². The maximum Gasteiger partial charge on any atom is 2.00 e. The number of hydrogen-bond donors (Lipinski definition) is 0. The maximum atomic E-state index is 5.50. The number of hydrogen-bond acceptors (Lipinski definition) is 2. The van der Waals surface area contributed by atoms with E-state index in [1.54, 1.807) is 0 Å². The van der Waals surface area contributed by atoms with E-state index >= 15 is 0 Å². The number of halogens is 4. The van der Waals surface area contributed by atoms with E-state index in [9.17, 15) is 0 Å². The zero-order valence-corrected chi connectivity index (χ0v) is 45.3. The summed E-state index contributed by atoms with van der Waals surface area (Å²) in [5.74, 6) is 0. The van der Waals surface area contributed by atoms with Crippen LogP contribution in [0.4, 0.5) is 22.7 Å². The zero-order valence-electron chi connectivity index (χ0n) is 41.3. The molecule has 69 heavy (non-hydrogen) atoms. The summed E-state index contributed by atoms with van der Waals surface area (Å²) in [6.07, 6.45) is 8.56. The summed E-state index contributed by atoms with van der Waals surface area (Å²) in [4.78, 5) is 22.0. The van der Waals surface area contributed by atoms with Gasteiger partial charge in [0.2, 0.25) is 0 Å². The van der Waals surface area contributed by atoms with Gasteiger partial charge in [-0.2, -0.15) is 0 Å². The first-order chi connectivity index (χ1) is 30.2. The van der Waals surface area contributed by atoms with Gasteiger partial charge in [0.05, 0.1) is 107 Å². The van der Waals surface area contributed by atoms with Gasteiger partial charge in [-0.3, -0.25) is 17.9 Å². The van der Waals surface area contributed by atoms with Crippen LogP contribution in [0.1, 0.15) is 22.8 Å². The molecule has 0 atom stereocenters. The average molecular weight is 1050 g/mol. The van der Waals surface area contributed by atoms with Crippen molar-refractivity contribution in [2.45, 2.75) is 0 Å². The number of benzene rings is 4. The van der Waals surface area contributed by atoms with E-state index in [0.717, 1.165) is 89.4 Å². The third-order valence-corrected chi connectivity index (χ3v) is 12.3. The fourth-order valence-corrected chi connectivity index (χ4v) is 8.57. The minimum absolute atomic E-state index is 0. The molecule has 8 nitrogen and oxygen atoms in total. The number of aromatic nitrogens is 4. The van der Waals surface area contributed by atoms with Gasteiger partial charge in [0, 0.05) is 0 Å². The number of quaternary nitrogens is 4. The van der Waals surface area contributed by atoms with E-state index in [0.29, 0.717) is 17.9 Å². The van der Waals surface area contributed by atoms with Crippen molar-refractivity contribution in [3.8, 4) is 44.5 Å². The topological polar surface area (TPSA) is 54.0 Å². The molecule has 1 radical (unpaired) electrons. The van der Waals surface area contributed by atoms with Gasteiger partial charge in [-0.1, -0.05) is 24.3 Å². The predicted molar refractivity (Wildman–Crippen MR) is 277 cm³/mol. The van der Waals surface area contributed by atoms with Gasteiger partial charge in [0.25, 0.3) is 0 Å². The normalized spacial score (nSPS) is 12.2. The second-order valence-corrected chi connectivity index (χ2v) is 20.6. The molecule has 0 N–H and O–H groups in total. The van der Waals surface area contributed by atoms with Crippen molar-refractivity contribution in [3.05, 3.63) is 144 Å². The van der Waals surface area contributed by atoms with Crippen LogP contribution < -0.4 is 77.5 Å². The Balaban J connectivity index is 0.00000207. The molecule has 3 aromatic heterocycles. The third-order valence-electron chi connectivity index (χ3n) is 12.3. The molecule has 0 amide bonds. The van der Waals surface area contributed by atoms with Crippen molar-refractivity contribution in [3.63, 3.8) is 0 Å². The van der Waals surface area contributed by atoms with Gasteiger partial charge >= 0.3 is 16.8 Å². The summed E-state index contributed by atoms with van der Waals surface area (Å²) in [5.41, 5.74) is 19.7. The summed E-state index contributed by atoms with van der Waals surface area (Å²) in [5, 5.41) is 0. The standard InChI is InChI=1S/C56H60N8.4ClH.Co/c1-61(2,3)41-21-13-37(14-22-41)53-45-29-31-47(57-45)54(38-15-23-42(24-16-38)62(4,5)6)49-33-35-51(59-49)56(40-19-27-44(28-20-40)64(10,11)12)52-36-34-50(60-52)55(48-32-30-46(53)58-48)39-17-25-43(26-18-39)63(7,8)9;;;;;/h13-36H,1-12H3;4*1H;/q+2;;;;;+2/p-4. The second-order valence-electron chi connectivity index (χ2n) is 20.6. The van der Waals surface area contributed by atoms with Crippen molar-refractivity contribution in [1.82, 2.24) is 37.9 Å². The van der Waals surface area contributed by atoms with Gasteiger partial charge in [-0.05, 0) is 166 Å². The monoisotopic (exact) mass is 1040 g/mol. The Bertz CT molecular complexity index is 2740. The molecular formula is C56H60Cl4CoN8. The first-order valence-corrected chi connectivity index (χ1v) is 22.0. The Morgan fingerprint density at radius 2 is 0.449 bits per heavy atom. The molecular weight excluding hydrogens is 985 g/mol. The summed E-state index contributed by atoms with van der Waals surface area (Å²) < 4.78 is 2.86. The van der Waals surface area contributed by atoms with Crippen molar-refractivity contribution in [2.24, 2.45) is 0 Å². The first-order valence-electron chi connectivity index (χ1n) is 22.0. The van der Waals surface area contributed by atoms with Gasteiger partial charge < -0.3 is 59.6 Å². The fraction of sp³-hybridized carbons (Fsp3) is 0.214. The molecule has 4 aromatic carbocycles. The van der Waals surface area contributed by atoms with E-state index in [1.165, 1.54) is 22.7 Å². The third kappa shape index (κ3) is 11.5. The number of fused-ring (bicyclic) bond motifs is 8. The van der Waals surface area contributed by atoms with E-state index in [1.807, 2.05) is 0 Å². The molecule has 9 rings (SSSR count). The Kier molecular flexibility index (Phi) is 17.3. The minimum Gasteiger partial charge on any atom is -1.00 e. The van der Waals surface area contributed by atoms with Crippen LogP contribution in [0.25, 0.3) is 90.9 Å². The van der Waals surface area contributed by atoms with Crippen LogP contribution in [0.15, 0.2) is 121 Å². The Morgan fingerprint density at radius 3 is 0.609 bits per heavy atom. The SMILES string of the molecule is C[N+](C)(C)c1ccc(-c2c3nc(c(-c4ccc([N+](C)(C)C)cc4)c4ccc([n-]4)c(-c4ccc([N+](C)(C)C)cc4)c4nc(c(-c5ccc([N+](C)(C)C)cc5)c5ccc2[n-]5)C=C4)C=C3)cc1.[Cl-].[Cl-].[Cl-].[Cl-].[Co+2].